The van der Waals surface area contributed by atoms with Gasteiger partial charge in [0.05, 0.1) is 19.8 Å². The first kappa shape index (κ1) is 82.9. The molecule has 12 nitrogen and oxygen atoms in total. The van der Waals surface area contributed by atoms with Crippen molar-refractivity contribution in [3.05, 3.63) is 146 Å². The van der Waals surface area contributed by atoms with Crippen molar-refractivity contribution < 1.29 is 55.2 Å². The van der Waals surface area contributed by atoms with Crippen molar-refractivity contribution >= 4 is 43.6 Å². The highest BCUT2D eigenvalue weighted by Gasteiger charge is 2.55. The first-order valence-electron chi connectivity index (χ1n) is 39.6. The van der Waals surface area contributed by atoms with Gasteiger partial charge in [0, 0.05) is 19.3 Å². The van der Waals surface area contributed by atoms with Gasteiger partial charge < -0.3 is 40.8 Å². The Kier molecular flexibility index (Phi) is 37.2. The number of ether oxygens (including phenoxy) is 6. The molecule has 0 N–H and O–H groups in total. The van der Waals surface area contributed by atoms with Crippen molar-refractivity contribution in [3.8, 4) is 67.9 Å². The molecule has 0 radical (unpaired) electrons. The molecule has 0 unspecified atom stereocenters. The van der Waals surface area contributed by atoms with Crippen molar-refractivity contribution in [2.75, 3.05) is 19.8 Å². The molecule has 0 saturated carbocycles. The standard InChI is InChI=1S/C87H126O12Si3/c1-10-70(4)67-91-79-52-40-73(41-53-79)76-46-58-82(59-47-76)94-85(88)37-31-25-19-13-16-22-28-34-64-100(7)97-101(8,65-35-29-23-17-14-20-26-32-38-86(89)95-83-60-48-77(49-61-83)74-42-54-80(55-43-74)92-68-71(5)11-2)99-102(9,98-100)66-36-30-24-18-15-21-27-33-39-87(90)96-84-62-50-78(51-63-84)75-44-56-81(57-45-75)93-69-72(6)12-3/h40-63,70-72H,10-39,64-69H2,1-9H3/t70-,71-,72-,100?,101?,102?/m0/s1. The normalized spacial score (nSPS) is 17.5. The van der Waals surface area contributed by atoms with Gasteiger partial charge in [-0.05, 0) is 181 Å². The average molecular weight is 1450 g/mol. The fourth-order valence-corrected chi connectivity index (χ4v) is 30.8. The number of carbonyl (C=O) groups excluding carboxylic acids is 3. The summed E-state index contributed by atoms with van der Waals surface area (Å²) in [5.74, 6) is 5.45. The molecule has 1 aliphatic heterocycles. The van der Waals surface area contributed by atoms with Crippen LogP contribution in [0.5, 0.6) is 34.5 Å². The van der Waals surface area contributed by atoms with Crippen LogP contribution in [0.15, 0.2) is 146 Å². The maximum Gasteiger partial charge on any atom is 0.317 e. The fourth-order valence-electron chi connectivity index (χ4n) is 13.1. The Morgan fingerprint density at radius 2 is 0.451 bits per heavy atom. The number of hydrogen-bond acceptors (Lipinski definition) is 12. The minimum atomic E-state index is -2.48. The second kappa shape index (κ2) is 45.8. The van der Waals surface area contributed by atoms with Crippen LogP contribution in [-0.4, -0.2) is 63.4 Å². The van der Waals surface area contributed by atoms with Crippen molar-refractivity contribution in [1.29, 1.82) is 0 Å². The minimum absolute atomic E-state index is 0.172. The third kappa shape index (κ3) is 31.9. The number of unbranched alkanes of at least 4 members (excludes halogenated alkanes) is 21. The largest absolute Gasteiger partial charge is 0.493 e. The molecule has 3 atom stereocenters. The Hall–Kier alpha value is -6.34. The molecule has 7 rings (SSSR count). The van der Waals surface area contributed by atoms with E-state index in [1.807, 2.05) is 109 Å². The van der Waals surface area contributed by atoms with E-state index in [4.69, 9.17) is 40.8 Å². The van der Waals surface area contributed by atoms with Crippen molar-refractivity contribution in [3.63, 3.8) is 0 Å². The number of benzene rings is 6. The first-order chi connectivity index (χ1) is 49.4. The van der Waals surface area contributed by atoms with Gasteiger partial charge in [-0.3, -0.25) is 14.4 Å². The molecular weight excluding hydrogens is 1320 g/mol. The molecule has 558 valence electrons. The molecule has 1 saturated heterocycles. The Morgan fingerprint density at radius 3 is 0.647 bits per heavy atom. The molecule has 102 heavy (non-hydrogen) atoms. The van der Waals surface area contributed by atoms with Gasteiger partial charge in [0.2, 0.25) is 0 Å². The van der Waals surface area contributed by atoms with E-state index in [1.54, 1.807) is 0 Å². The molecule has 0 spiro atoms. The van der Waals surface area contributed by atoms with Crippen LogP contribution in [0.2, 0.25) is 37.8 Å². The highest BCUT2D eigenvalue weighted by molar-refractivity contribution is 6.93. The van der Waals surface area contributed by atoms with E-state index in [0.717, 1.165) is 185 Å². The van der Waals surface area contributed by atoms with Gasteiger partial charge in [0.15, 0.2) is 0 Å². The Balaban J connectivity index is 0.761. The van der Waals surface area contributed by atoms with Crippen LogP contribution < -0.4 is 28.4 Å². The minimum Gasteiger partial charge on any atom is -0.493 e. The molecule has 0 aliphatic carbocycles. The molecule has 6 aromatic rings. The van der Waals surface area contributed by atoms with E-state index in [-0.39, 0.29) is 17.9 Å². The Morgan fingerprint density at radius 1 is 0.275 bits per heavy atom. The van der Waals surface area contributed by atoms with E-state index in [1.165, 1.54) is 77.0 Å². The summed E-state index contributed by atoms with van der Waals surface area (Å²) in [6.07, 6.45) is 31.1. The van der Waals surface area contributed by atoms with Gasteiger partial charge in [-0.2, -0.15) is 0 Å². The summed E-state index contributed by atoms with van der Waals surface area (Å²) in [5.41, 5.74) is 6.50. The summed E-state index contributed by atoms with van der Waals surface area (Å²) in [6, 6.07) is 50.8. The van der Waals surface area contributed by atoms with E-state index in [0.29, 0.717) is 54.3 Å². The highest BCUT2D eigenvalue weighted by atomic mass is 28.5. The zero-order chi connectivity index (χ0) is 72.7. The second-order valence-electron chi connectivity index (χ2n) is 29.7. The summed E-state index contributed by atoms with van der Waals surface area (Å²) < 4.78 is 56.6. The quantitative estimate of drug-likeness (QED) is 0.0156. The highest BCUT2D eigenvalue weighted by Crippen LogP contribution is 2.40. The van der Waals surface area contributed by atoms with Crippen molar-refractivity contribution in [1.82, 2.24) is 0 Å². The van der Waals surface area contributed by atoms with Gasteiger partial charge in [0.25, 0.3) is 0 Å². The second-order valence-corrected chi connectivity index (χ2v) is 40.5. The molecule has 6 aromatic carbocycles. The van der Waals surface area contributed by atoms with E-state index in [2.05, 4.69) is 97.6 Å². The molecule has 0 amide bonds. The lowest BCUT2D eigenvalue weighted by atomic mass is 10.1. The van der Waals surface area contributed by atoms with Gasteiger partial charge in [-0.25, -0.2) is 0 Å². The summed E-state index contributed by atoms with van der Waals surface area (Å²) in [7, 11) is -7.43. The van der Waals surface area contributed by atoms with Gasteiger partial charge in [-0.15, -0.1) is 0 Å². The lowest BCUT2D eigenvalue weighted by Gasteiger charge is -2.50. The zero-order valence-electron chi connectivity index (χ0n) is 63.9. The topological polar surface area (TPSA) is 134 Å². The smallest absolute Gasteiger partial charge is 0.317 e. The molecule has 1 heterocycles. The molecule has 1 aliphatic rings. The van der Waals surface area contributed by atoms with E-state index < -0.39 is 25.7 Å². The molecule has 15 heteroatoms. The zero-order valence-corrected chi connectivity index (χ0v) is 66.9. The SMILES string of the molecule is CC[C@H](C)COc1ccc(-c2ccc(OC(=O)CCCCCCCCCC[Si]3(C)O[Si](C)(CCCCCCCCCCC(=O)Oc4ccc(-c5ccc(OC[C@@H](C)CC)cc5)cc4)O[Si](C)(CCCCCCCCCCC(=O)Oc4ccc(-c5ccc(OC[C@@H](C)CC)cc5)cc4)O3)cc2)cc1. The summed E-state index contributed by atoms with van der Waals surface area (Å²) in [5, 5.41) is 0. The van der Waals surface area contributed by atoms with Crippen molar-refractivity contribution in [2.24, 2.45) is 17.8 Å². The Bertz CT molecular complexity index is 2930. The van der Waals surface area contributed by atoms with Crippen LogP contribution >= 0.6 is 0 Å². The third-order valence-corrected chi connectivity index (χ3v) is 34.2. The van der Waals surface area contributed by atoms with Crippen LogP contribution in [0.4, 0.5) is 0 Å². The van der Waals surface area contributed by atoms with Crippen LogP contribution in [0, 0.1) is 17.8 Å². The number of rotatable bonds is 51. The number of esters is 3. The summed E-state index contributed by atoms with van der Waals surface area (Å²) in [6.45, 7) is 22.3. The lowest BCUT2D eigenvalue weighted by Crippen LogP contribution is -2.67. The van der Waals surface area contributed by atoms with Gasteiger partial charge in [0.1, 0.15) is 34.5 Å². The third-order valence-electron chi connectivity index (χ3n) is 20.1. The lowest BCUT2D eigenvalue weighted by molar-refractivity contribution is -0.135. The maximum absolute atomic E-state index is 12.8. The monoisotopic (exact) mass is 1450 g/mol. The average Bonchev–Trinajstić information content (AvgIpc) is 0.767. The summed E-state index contributed by atoms with van der Waals surface area (Å²) >= 11 is 0. The maximum atomic E-state index is 12.8. The first-order valence-corrected chi connectivity index (χ1v) is 47.2. The summed E-state index contributed by atoms with van der Waals surface area (Å²) in [4.78, 5) is 38.3. The molecule has 1 fully saturated rings. The van der Waals surface area contributed by atoms with Crippen LogP contribution in [0.25, 0.3) is 33.4 Å². The predicted octanol–water partition coefficient (Wildman–Crippen LogP) is 24.9. The van der Waals surface area contributed by atoms with E-state index >= 15 is 0 Å². The number of hydrogen-bond donors (Lipinski definition) is 0. The van der Waals surface area contributed by atoms with Gasteiger partial charge in [-0.1, -0.05) is 268 Å². The van der Waals surface area contributed by atoms with Crippen LogP contribution in [-0.2, 0) is 26.7 Å². The molecule has 0 aromatic heterocycles. The van der Waals surface area contributed by atoms with Crippen LogP contribution in [0.1, 0.15) is 234 Å². The molecular formula is C87H126O12Si3. The fraction of sp³-hybridized carbons (Fsp3) is 0.552. The van der Waals surface area contributed by atoms with Crippen molar-refractivity contribution in [2.45, 2.75) is 272 Å². The predicted molar refractivity (Wildman–Crippen MR) is 425 cm³/mol. The van der Waals surface area contributed by atoms with E-state index in [9.17, 15) is 14.4 Å². The Labute approximate surface area is 618 Å². The number of carbonyl (C=O) groups is 3. The van der Waals surface area contributed by atoms with Gasteiger partial charge >= 0.3 is 43.6 Å². The molecule has 0 bridgehead atoms. The van der Waals surface area contributed by atoms with Crippen LogP contribution in [0.3, 0.4) is 0 Å².